The van der Waals surface area contributed by atoms with Gasteiger partial charge in [-0.2, -0.15) is 0 Å². The van der Waals surface area contributed by atoms with E-state index in [-0.39, 0.29) is 108 Å². The van der Waals surface area contributed by atoms with E-state index in [1.165, 1.54) is 41.8 Å². The molecule has 1 aliphatic heterocycles. The number of nitrogens with zero attached hydrogens (tertiary/aromatic N) is 4. The summed E-state index contributed by atoms with van der Waals surface area (Å²) in [6, 6.07) is 14.5. The zero-order valence-electron chi connectivity index (χ0n) is 24.0. The van der Waals surface area contributed by atoms with Crippen LogP contribution in [-0.4, -0.2) is 77.0 Å². The second-order valence-corrected chi connectivity index (χ2v) is 12.2. The molecule has 0 radical (unpaired) electrons. The summed E-state index contributed by atoms with van der Waals surface area (Å²) < 4.78 is 82.1. The predicted octanol–water partition coefficient (Wildman–Crippen LogP) is -4.01. The van der Waals surface area contributed by atoms with Crippen LogP contribution in [0.3, 0.4) is 0 Å². The van der Waals surface area contributed by atoms with Gasteiger partial charge in [-0.1, -0.05) is 54.6 Å². The van der Waals surface area contributed by atoms with E-state index in [2.05, 4.69) is 25.6 Å². The van der Waals surface area contributed by atoms with Crippen LogP contribution in [0.25, 0.3) is 6.08 Å². The molecule has 5 rings (SSSR count). The number of anilines is 2. The normalized spacial score (nSPS) is 20.9. The number of allylic oxidation sites excluding steroid dienone is 1. The minimum absolute atomic E-state index is 0. The fraction of sp³-hybridized carbons (Fsp3) is 0.222. The quantitative estimate of drug-likeness (QED) is 0.168. The molecular formula is C27H26N6Na2O7S2. The molecular weight excluding hydrogens is 630 g/mol. The van der Waals surface area contributed by atoms with Crippen LogP contribution in [0.2, 0.25) is 0 Å². The number of aromatic nitrogens is 3. The number of para-hydroxylation sites is 1. The molecule has 1 fully saturated rings. The molecule has 3 aromatic rings. The maximum Gasteiger partial charge on any atom is 1.00 e. The van der Waals surface area contributed by atoms with Gasteiger partial charge in [0.15, 0.2) is 4.87 Å². The first-order chi connectivity index (χ1) is 20.1. The van der Waals surface area contributed by atoms with Crippen LogP contribution in [0.5, 0.6) is 0 Å². The number of morpholine rings is 1. The van der Waals surface area contributed by atoms with E-state index in [4.69, 9.17) is 4.74 Å². The molecule has 2 unspecified atom stereocenters. The standard InChI is InChI=1S/C27H28N6O7S2.2Na/c34-41(35,36)24-9-5-4-6-20(24)10-11-21-12-13-23(31-22-7-2-1-3-8-22)25(32-26-29-18-28-19-30-26)27(21,42(37,38)39)33-14-16-40-17-15-33;;/h1-13,18-19,21,31H,14-17H2,(H,34,35,36)(H,37,38,39)(H,28,29,30,32);;/q;2*+1/p-2. The molecule has 44 heavy (non-hydrogen) atoms. The van der Waals surface area contributed by atoms with Crippen molar-refractivity contribution < 1.29 is 89.8 Å². The van der Waals surface area contributed by atoms with Gasteiger partial charge in [0.1, 0.15) is 32.9 Å². The van der Waals surface area contributed by atoms with Crippen molar-refractivity contribution in [2.24, 2.45) is 5.92 Å². The molecule has 2 N–H and O–H groups in total. The van der Waals surface area contributed by atoms with Crippen LogP contribution in [0, 0.1) is 5.92 Å². The van der Waals surface area contributed by atoms with Crippen LogP contribution in [0.1, 0.15) is 5.56 Å². The van der Waals surface area contributed by atoms with Crippen molar-refractivity contribution in [3.63, 3.8) is 0 Å². The average molecular weight is 657 g/mol. The van der Waals surface area contributed by atoms with Crippen LogP contribution >= 0.6 is 0 Å². The summed E-state index contributed by atoms with van der Waals surface area (Å²) in [6.07, 6.45) is 8.33. The number of benzene rings is 2. The summed E-state index contributed by atoms with van der Waals surface area (Å²) in [5.41, 5.74) is 0.884. The molecule has 1 aromatic heterocycles. The molecule has 2 aliphatic rings. The van der Waals surface area contributed by atoms with E-state index >= 15 is 0 Å². The molecule has 220 valence electrons. The molecule has 1 aliphatic carbocycles. The van der Waals surface area contributed by atoms with Gasteiger partial charge in [0.05, 0.1) is 29.5 Å². The second-order valence-electron chi connectivity index (χ2n) is 9.35. The fourth-order valence-corrected chi connectivity index (χ4v) is 7.16. The minimum Gasteiger partial charge on any atom is -0.746 e. The summed E-state index contributed by atoms with van der Waals surface area (Å²) in [7, 11) is -10.1. The third kappa shape index (κ3) is 7.86. The first-order valence-electron chi connectivity index (χ1n) is 12.8. The number of hydrogen-bond donors (Lipinski definition) is 2. The smallest absolute Gasteiger partial charge is 0.746 e. The van der Waals surface area contributed by atoms with Gasteiger partial charge in [-0.15, -0.1) is 0 Å². The van der Waals surface area contributed by atoms with Gasteiger partial charge in [-0.05, 0) is 29.8 Å². The van der Waals surface area contributed by atoms with Crippen molar-refractivity contribution in [2.75, 3.05) is 36.9 Å². The third-order valence-corrected chi connectivity index (χ3v) is 9.27. The Hall–Kier alpha value is -1.99. The Labute approximate surface area is 300 Å². The molecule has 0 bridgehead atoms. The molecule has 0 spiro atoms. The summed E-state index contributed by atoms with van der Waals surface area (Å²) >= 11 is 0. The average Bonchev–Trinajstić information content (AvgIpc) is 2.98. The van der Waals surface area contributed by atoms with E-state index in [1.54, 1.807) is 42.5 Å². The zero-order valence-corrected chi connectivity index (χ0v) is 29.7. The molecule has 17 heteroatoms. The van der Waals surface area contributed by atoms with Gasteiger partial charge in [-0.25, -0.2) is 31.8 Å². The van der Waals surface area contributed by atoms with E-state index < -0.39 is 35.9 Å². The maximum atomic E-state index is 13.6. The van der Waals surface area contributed by atoms with Crippen LogP contribution in [0.4, 0.5) is 11.6 Å². The van der Waals surface area contributed by atoms with Gasteiger partial charge < -0.3 is 24.5 Å². The predicted molar refractivity (Wildman–Crippen MR) is 151 cm³/mol. The Kier molecular flexibility index (Phi) is 12.9. The molecule has 2 atom stereocenters. The van der Waals surface area contributed by atoms with Crippen molar-refractivity contribution in [2.45, 2.75) is 9.77 Å². The van der Waals surface area contributed by atoms with Gasteiger partial charge >= 0.3 is 59.1 Å². The van der Waals surface area contributed by atoms with Crippen LogP contribution < -0.4 is 69.7 Å². The minimum atomic E-state index is -5.27. The van der Waals surface area contributed by atoms with Gasteiger partial charge in [0.25, 0.3) is 0 Å². The zero-order chi connectivity index (χ0) is 29.8. The SMILES string of the molecule is O=S(=O)([O-])c1ccccc1C=CC1C=CC(Nc2ccccc2)=C(Nc2ncncn2)C1(N1CCOCC1)S(=O)(=O)[O-].[Na+].[Na+]. The van der Waals surface area contributed by atoms with Crippen molar-refractivity contribution in [3.05, 3.63) is 102 Å². The monoisotopic (exact) mass is 656 g/mol. The molecule has 2 heterocycles. The fourth-order valence-electron chi connectivity index (χ4n) is 5.09. The summed E-state index contributed by atoms with van der Waals surface area (Å²) in [5, 5.41) is 6.17. The van der Waals surface area contributed by atoms with Crippen molar-refractivity contribution in [1.82, 2.24) is 19.9 Å². The molecule has 13 nitrogen and oxygen atoms in total. The largest absolute Gasteiger partial charge is 1.00 e. The topological polar surface area (TPSA) is 190 Å². The number of rotatable bonds is 9. The number of nitrogens with one attached hydrogen (secondary N) is 2. The molecule has 2 aromatic carbocycles. The third-order valence-electron chi connectivity index (χ3n) is 6.87. The summed E-state index contributed by atoms with van der Waals surface area (Å²) in [4.78, 5) is 10.7. The first-order valence-corrected chi connectivity index (χ1v) is 15.6. The van der Waals surface area contributed by atoms with Gasteiger partial charge in [0.2, 0.25) is 5.95 Å². The molecule has 1 saturated heterocycles. The van der Waals surface area contributed by atoms with E-state index in [9.17, 15) is 25.9 Å². The second kappa shape index (κ2) is 15.5. The van der Waals surface area contributed by atoms with Crippen LogP contribution in [-0.2, 0) is 25.0 Å². The Morgan fingerprint density at radius 1 is 0.909 bits per heavy atom. The summed E-state index contributed by atoms with van der Waals surface area (Å²) in [5.74, 6) is -1.17. The van der Waals surface area contributed by atoms with Gasteiger partial charge in [-0.3, -0.25) is 4.90 Å². The Morgan fingerprint density at radius 3 is 2.18 bits per heavy atom. The molecule has 0 amide bonds. The first kappa shape index (κ1) is 36.5. The molecule has 0 saturated carbocycles. The van der Waals surface area contributed by atoms with E-state index in [1.807, 2.05) is 6.07 Å². The van der Waals surface area contributed by atoms with Gasteiger partial charge in [0, 0.05) is 24.7 Å². The maximum absolute atomic E-state index is 13.6. The van der Waals surface area contributed by atoms with E-state index in [0.717, 1.165) is 6.07 Å². The number of hydrogen-bond acceptors (Lipinski definition) is 13. The van der Waals surface area contributed by atoms with Crippen molar-refractivity contribution in [3.8, 4) is 0 Å². The van der Waals surface area contributed by atoms with Crippen LogP contribution in [0.15, 0.2) is 102 Å². The van der Waals surface area contributed by atoms with Crippen molar-refractivity contribution in [1.29, 1.82) is 0 Å². The van der Waals surface area contributed by atoms with E-state index in [0.29, 0.717) is 5.69 Å². The number of ether oxygens (including phenoxy) is 1. The Morgan fingerprint density at radius 2 is 1.55 bits per heavy atom. The summed E-state index contributed by atoms with van der Waals surface area (Å²) in [6.45, 7) is 0.503. The Balaban J connectivity index is 0.00000264. The Bertz CT molecular complexity index is 1740. The van der Waals surface area contributed by atoms with Crippen molar-refractivity contribution >= 4 is 37.9 Å².